The number of fused-ring (bicyclic) bond motifs is 1. The quantitative estimate of drug-likeness (QED) is 0.418. The zero-order chi connectivity index (χ0) is 22.7. The molecule has 0 spiro atoms. The summed E-state index contributed by atoms with van der Waals surface area (Å²) in [6.45, 7) is 0.846. The summed E-state index contributed by atoms with van der Waals surface area (Å²) in [6, 6.07) is 19.6. The molecule has 3 aromatic carbocycles. The van der Waals surface area contributed by atoms with Crippen molar-refractivity contribution in [1.82, 2.24) is 4.31 Å². The number of sulfonamides is 1. The fourth-order valence-corrected chi connectivity index (χ4v) is 6.22. The van der Waals surface area contributed by atoms with E-state index in [-0.39, 0.29) is 29.4 Å². The average molecular weight is 472 g/mol. The number of esters is 1. The van der Waals surface area contributed by atoms with Crippen LogP contribution in [0.25, 0.3) is 10.8 Å². The summed E-state index contributed by atoms with van der Waals surface area (Å²) in [7, 11) is -2.35. The smallest absolute Gasteiger partial charge is 0.337 e. The van der Waals surface area contributed by atoms with Crippen molar-refractivity contribution in [3.05, 3.63) is 77.9 Å². The van der Waals surface area contributed by atoms with E-state index < -0.39 is 16.0 Å². The van der Waals surface area contributed by atoms with Crippen molar-refractivity contribution in [2.75, 3.05) is 20.3 Å². The molecule has 6 nitrogen and oxygen atoms in total. The first-order valence-electron chi connectivity index (χ1n) is 10.3. The van der Waals surface area contributed by atoms with Gasteiger partial charge < -0.3 is 9.47 Å². The van der Waals surface area contributed by atoms with Crippen LogP contribution in [0.4, 0.5) is 0 Å². The number of carbonyl (C=O) groups is 1. The minimum absolute atomic E-state index is 0.0542. The van der Waals surface area contributed by atoms with E-state index in [1.165, 1.54) is 11.4 Å². The van der Waals surface area contributed by atoms with Crippen molar-refractivity contribution in [3.8, 4) is 0 Å². The largest absolute Gasteiger partial charge is 0.465 e. The zero-order valence-corrected chi connectivity index (χ0v) is 19.4. The summed E-state index contributed by atoms with van der Waals surface area (Å²) in [6.07, 6.45) is 0.609. The van der Waals surface area contributed by atoms with Crippen LogP contribution in [0.15, 0.2) is 71.6 Å². The molecule has 1 saturated heterocycles. The Morgan fingerprint density at radius 2 is 1.84 bits per heavy atom. The molecule has 168 valence electrons. The van der Waals surface area contributed by atoms with Crippen LogP contribution in [0, 0.1) is 0 Å². The van der Waals surface area contributed by atoms with E-state index in [4.69, 9.17) is 9.47 Å². The Bertz CT molecular complexity index is 1230. The molecule has 2 atom stereocenters. The number of hydrogen-bond donors (Lipinski definition) is 1. The zero-order valence-electron chi connectivity index (χ0n) is 17.7. The maximum atomic E-state index is 13.4. The Balaban J connectivity index is 1.47. The van der Waals surface area contributed by atoms with E-state index in [1.54, 1.807) is 30.3 Å². The Morgan fingerprint density at radius 3 is 2.62 bits per heavy atom. The molecule has 0 amide bonds. The summed E-state index contributed by atoms with van der Waals surface area (Å²) in [4.78, 5) is 12.0. The second-order valence-electron chi connectivity index (χ2n) is 7.83. The predicted octanol–water partition coefficient (Wildman–Crippen LogP) is 3.90. The molecular weight excluding hydrogens is 446 g/mol. The van der Waals surface area contributed by atoms with Gasteiger partial charge in [0.2, 0.25) is 10.0 Å². The van der Waals surface area contributed by atoms with E-state index >= 15 is 0 Å². The Hall–Kier alpha value is -2.39. The Labute approximate surface area is 193 Å². The minimum atomic E-state index is -3.69. The predicted molar refractivity (Wildman–Crippen MR) is 126 cm³/mol. The number of ether oxygens (including phenoxy) is 2. The van der Waals surface area contributed by atoms with E-state index in [9.17, 15) is 13.2 Å². The molecule has 8 heteroatoms. The van der Waals surface area contributed by atoms with Gasteiger partial charge >= 0.3 is 5.97 Å². The molecule has 2 unspecified atom stereocenters. The van der Waals surface area contributed by atoms with Gasteiger partial charge in [0, 0.05) is 17.8 Å². The van der Waals surface area contributed by atoms with Crippen molar-refractivity contribution in [3.63, 3.8) is 0 Å². The highest BCUT2D eigenvalue weighted by Gasteiger charge is 2.39. The molecular formula is C24H25NO5S2. The van der Waals surface area contributed by atoms with Crippen molar-refractivity contribution in [2.24, 2.45) is 0 Å². The van der Waals surface area contributed by atoms with Crippen LogP contribution < -0.4 is 0 Å². The molecule has 3 aromatic rings. The fraction of sp³-hybridized carbons (Fsp3) is 0.292. The normalized spacial score (nSPS) is 19.3. The molecule has 1 heterocycles. The molecule has 0 aromatic heterocycles. The highest BCUT2D eigenvalue weighted by atomic mass is 32.2. The third-order valence-electron chi connectivity index (χ3n) is 5.60. The monoisotopic (exact) mass is 471 g/mol. The first kappa shape index (κ1) is 22.8. The molecule has 0 bridgehead atoms. The lowest BCUT2D eigenvalue weighted by Gasteiger charge is -2.24. The van der Waals surface area contributed by atoms with Crippen LogP contribution in [0.3, 0.4) is 0 Å². The van der Waals surface area contributed by atoms with Crippen molar-refractivity contribution in [2.45, 2.75) is 29.2 Å². The van der Waals surface area contributed by atoms with Crippen LogP contribution >= 0.6 is 12.6 Å². The standard InChI is InChI=1S/C24H25NO5S2/c1-29-24(26)20-8-4-5-17(11-20)15-30-16-21-13-22(31)14-25(21)32(27,28)23-10-9-18-6-2-3-7-19(18)12-23/h2-12,21-22,31H,13-16H2,1H3. The van der Waals surface area contributed by atoms with Gasteiger partial charge in [-0.25, -0.2) is 13.2 Å². The van der Waals surface area contributed by atoms with Gasteiger partial charge in [-0.2, -0.15) is 16.9 Å². The van der Waals surface area contributed by atoms with E-state index in [1.807, 2.05) is 36.4 Å². The lowest BCUT2D eigenvalue weighted by atomic mass is 10.1. The van der Waals surface area contributed by atoms with Crippen molar-refractivity contribution < 1.29 is 22.7 Å². The van der Waals surface area contributed by atoms with Gasteiger partial charge in [0.15, 0.2) is 0 Å². The van der Waals surface area contributed by atoms with Crippen LogP contribution in [0.1, 0.15) is 22.3 Å². The number of benzene rings is 3. The summed E-state index contributed by atoms with van der Waals surface area (Å²) in [5.74, 6) is -0.409. The number of carbonyl (C=O) groups excluding carboxylic acids is 1. The molecule has 0 N–H and O–H groups in total. The molecule has 0 aliphatic carbocycles. The maximum absolute atomic E-state index is 13.4. The van der Waals surface area contributed by atoms with E-state index in [2.05, 4.69) is 12.6 Å². The molecule has 0 radical (unpaired) electrons. The van der Waals surface area contributed by atoms with Gasteiger partial charge in [0.05, 0.1) is 30.8 Å². The summed E-state index contributed by atoms with van der Waals surface area (Å²) in [5, 5.41) is 1.82. The lowest BCUT2D eigenvalue weighted by molar-refractivity contribution is 0.0599. The molecule has 0 saturated carbocycles. The molecule has 1 fully saturated rings. The first-order valence-corrected chi connectivity index (χ1v) is 12.3. The fourth-order valence-electron chi connectivity index (χ4n) is 3.99. The summed E-state index contributed by atoms with van der Waals surface area (Å²) >= 11 is 4.54. The van der Waals surface area contributed by atoms with E-state index in [0.29, 0.717) is 18.5 Å². The molecule has 1 aliphatic heterocycles. The number of rotatable bonds is 7. The van der Waals surface area contributed by atoms with Gasteiger partial charge in [-0.1, -0.05) is 42.5 Å². The molecule has 32 heavy (non-hydrogen) atoms. The van der Waals surface area contributed by atoms with Gasteiger partial charge in [0.25, 0.3) is 0 Å². The van der Waals surface area contributed by atoms with Crippen LogP contribution in [0.5, 0.6) is 0 Å². The van der Waals surface area contributed by atoms with Gasteiger partial charge in [-0.15, -0.1) is 0 Å². The maximum Gasteiger partial charge on any atom is 0.337 e. The second-order valence-corrected chi connectivity index (χ2v) is 10.5. The number of hydrogen-bond acceptors (Lipinski definition) is 6. The third kappa shape index (κ3) is 4.83. The van der Waals surface area contributed by atoms with Crippen LogP contribution in [-0.4, -0.2) is 50.2 Å². The molecule has 1 aliphatic rings. The highest BCUT2D eigenvalue weighted by molar-refractivity contribution is 7.89. The number of thiol groups is 1. The van der Waals surface area contributed by atoms with Gasteiger partial charge in [0.1, 0.15) is 0 Å². The number of methoxy groups -OCH3 is 1. The van der Waals surface area contributed by atoms with E-state index in [0.717, 1.165) is 16.3 Å². The SMILES string of the molecule is COC(=O)c1cccc(COCC2CC(S)CN2S(=O)(=O)c2ccc3ccccc3c2)c1. The van der Waals surface area contributed by atoms with Crippen molar-refractivity contribution >= 4 is 39.4 Å². The van der Waals surface area contributed by atoms with Crippen LogP contribution in [-0.2, 0) is 26.1 Å². The molecule has 4 rings (SSSR count). The average Bonchev–Trinajstić information content (AvgIpc) is 3.19. The summed E-state index contributed by atoms with van der Waals surface area (Å²) in [5.41, 5.74) is 1.27. The van der Waals surface area contributed by atoms with Crippen molar-refractivity contribution in [1.29, 1.82) is 0 Å². The second kappa shape index (κ2) is 9.62. The van der Waals surface area contributed by atoms with Crippen LogP contribution in [0.2, 0.25) is 0 Å². The minimum Gasteiger partial charge on any atom is -0.465 e. The third-order valence-corrected chi connectivity index (χ3v) is 7.89. The topological polar surface area (TPSA) is 72.9 Å². The lowest BCUT2D eigenvalue weighted by Crippen LogP contribution is -2.38. The van der Waals surface area contributed by atoms with Gasteiger partial charge in [-0.3, -0.25) is 0 Å². The Kier molecular flexibility index (Phi) is 6.85. The number of nitrogens with zero attached hydrogens (tertiary/aromatic N) is 1. The summed E-state index contributed by atoms with van der Waals surface area (Å²) < 4.78 is 38.9. The first-order chi connectivity index (χ1) is 15.4. The Morgan fingerprint density at radius 1 is 1.06 bits per heavy atom. The highest BCUT2D eigenvalue weighted by Crippen LogP contribution is 2.30. The van der Waals surface area contributed by atoms with Gasteiger partial charge in [-0.05, 0) is 47.0 Å².